The predicted octanol–water partition coefficient (Wildman–Crippen LogP) is 3.38. The molecule has 4 bridgehead atoms. The van der Waals surface area contributed by atoms with Gasteiger partial charge in [-0.3, -0.25) is 14.9 Å². The smallest absolute Gasteiger partial charge is 0.275 e. The summed E-state index contributed by atoms with van der Waals surface area (Å²) in [6.07, 6.45) is 6.39. The standard InChI is InChI=1S/C18H20N2O3/c21-18-14-2-1-3-16(20(22)23)15(14)9-19(18)17-12-5-10-4-11(7-12)8-13(17)6-10/h1-3,10-13,17H,4-9H2. The lowest BCUT2D eigenvalue weighted by Crippen LogP contribution is -2.56. The van der Waals surface area contributed by atoms with E-state index in [1.807, 2.05) is 4.90 Å². The molecule has 0 atom stereocenters. The zero-order valence-corrected chi connectivity index (χ0v) is 13.0. The molecule has 1 heterocycles. The summed E-state index contributed by atoms with van der Waals surface area (Å²) in [6, 6.07) is 5.21. The monoisotopic (exact) mass is 312 g/mol. The summed E-state index contributed by atoms with van der Waals surface area (Å²) in [5.41, 5.74) is 1.27. The van der Waals surface area contributed by atoms with Crippen LogP contribution in [-0.4, -0.2) is 21.8 Å². The van der Waals surface area contributed by atoms with Crippen LogP contribution in [0.4, 0.5) is 5.69 Å². The van der Waals surface area contributed by atoms with Gasteiger partial charge in [0.15, 0.2) is 0 Å². The van der Waals surface area contributed by atoms with Crippen LogP contribution in [0.2, 0.25) is 0 Å². The normalized spacial score (nSPS) is 37.3. The van der Waals surface area contributed by atoms with Crippen molar-refractivity contribution in [3.05, 3.63) is 39.4 Å². The first-order chi connectivity index (χ1) is 11.1. The van der Waals surface area contributed by atoms with Crippen LogP contribution < -0.4 is 0 Å². The van der Waals surface area contributed by atoms with Crippen LogP contribution in [0.25, 0.3) is 0 Å². The van der Waals surface area contributed by atoms with Crippen molar-refractivity contribution in [3.63, 3.8) is 0 Å². The van der Waals surface area contributed by atoms with Gasteiger partial charge in [-0.15, -0.1) is 0 Å². The van der Waals surface area contributed by atoms with Crippen LogP contribution in [-0.2, 0) is 6.54 Å². The number of hydrogen-bond acceptors (Lipinski definition) is 3. The molecule has 0 aromatic heterocycles. The third-order valence-corrected chi connectivity index (χ3v) is 6.70. The Bertz CT molecular complexity index is 686. The maximum absolute atomic E-state index is 12.9. The Morgan fingerprint density at radius 3 is 2.30 bits per heavy atom. The molecular formula is C18H20N2O3. The molecule has 1 aliphatic heterocycles. The van der Waals surface area contributed by atoms with Crippen LogP contribution in [0.3, 0.4) is 0 Å². The molecule has 4 saturated carbocycles. The lowest BCUT2D eigenvalue weighted by atomic mass is 9.54. The highest BCUT2D eigenvalue weighted by Gasteiger charge is 2.52. The number of carbonyl (C=O) groups is 1. The number of nitro groups is 1. The number of fused-ring (bicyclic) bond motifs is 1. The van der Waals surface area contributed by atoms with Gasteiger partial charge in [0.25, 0.3) is 11.6 Å². The first-order valence-electron chi connectivity index (χ1n) is 8.69. The second-order valence-electron chi connectivity index (χ2n) is 7.91. The first-order valence-corrected chi connectivity index (χ1v) is 8.69. The molecule has 1 amide bonds. The number of nitrogens with zero attached hydrogens (tertiary/aromatic N) is 2. The summed E-state index contributed by atoms with van der Waals surface area (Å²) in [5.74, 6) is 2.97. The van der Waals surface area contributed by atoms with Crippen LogP contribution in [0.1, 0.15) is 48.0 Å². The summed E-state index contributed by atoms with van der Waals surface area (Å²) >= 11 is 0. The van der Waals surface area contributed by atoms with Crippen molar-refractivity contribution in [3.8, 4) is 0 Å². The second kappa shape index (κ2) is 4.56. The maximum atomic E-state index is 12.9. The van der Waals surface area contributed by atoms with Crippen LogP contribution >= 0.6 is 0 Å². The molecule has 0 radical (unpaired) electrons. The number of benzene rings is 1. The minimum atomic E-state index is -0.355. The molecule has 1 aromatic carbocycles. The zero-order chi connectivity index (χ0) is 15.7. The van der Waals surface area contributed by atoms with E-state index in [-0.39, 0.29) is 16.5 Å². The Morgan fingerprint density at radius 1 is 1.04 bits per heavy atom. The molecule has 0 N–H and O–H groups in total. The lowest BCUT2D eigenvalue weighted by molar-refractivity contribution is -0.385. The van der Waals surface area contributed by atoms with Gasteiger partial charge in [-0.2, -0.15) is 0 Å². The van der Waals surface area contributed by atoms with E-state index in [4.69, 9.17) is 0 Å². The zero-order valence-electron chi connectivity index (χ0n) is 13.0. The minimum Gasteiger partial charge on any atom is -0.330 e. The fourth-order valence-corrected chi connectivity index (χ4v) is 6.16. The molecule has 120 valence electrons. The van der Waals surface area contributed by atoms with E-state index in [0.717, 1.165) is 11.8 Å². The summed E-state index contributed by atoms with van der Waals surface area (Å²) in [4.78, 5) is 25.8. The van der Waals surface area contributed by atoms with Gasteiger partial charge in [0.05, 0.1) is 22.6 Å². The summed E-state index contributed by atoms with van der Waals surface area (Å²) in [7, 11) is 0. The average molecular weight is 312 g/mol. The van der Waals surface area contributed by atoms with Gasteiger partial charge in [-0.25, -0.2) is 0 Å². The number of amides is 1. The third kappa shape index (κ3) is 1.82. The molecule has 4 aliphatic carbocycles. The molecule has 6 rings (SSSR count). The van der Waals surface area contributed by atoms with E-state index < -0.39 is 0 Å². The van der Waals surface area contributed by atoms with Gasteiger partial charge < -0.3 is 4.90 Å². The average Bonchev–Trinajstić information content (AvgIpc) is 2.83. The molecule has 5 heteroatoms. The molecule has 5 aliphatic rings. The van der Waals surface area contributed by atoms with Gasteiger partial charge >= 0.3 is 0 Å². The Balaban J connectivity index is 1.50. The van der Waals surface area contributed by atoms with Crippen LogP contribution in [0.5, 0.6) is 0 Å². The van der Waals surface area contributed by atoms with E-state index in [1.165, 1.54) is 38.2 Å². The molecule has 1 aromatic rings. The third-order valence-electron chi connectivity index (χ3n) is 6.70. The highest BCUT2D eigenvalue weighted by Crippen LogP contribution is 2.56. The maximum Gasteiger partial charge on any atom is 0.275 e. The van der Waals surface area contributed by atoms with Gasteiger partial charge in [0.1, 0.15) is 0 Å². The summed E-state index contributed by atoms with van der Waals surface area (Å²) in [6.45, 7) is 0.429. The summed E-state index contributed by atoms with van der Waals surface area (Å²) < 4.78 is 0. The van der Waals surface area contributed by atoms with E-state index in [0.29, 0.717) is 35.5 Å². The fraction of sp³-hybridized carbons (Fsp3) is 0.611. The molecule has 0 unspecified atom stereocenters. The molecule has 0 spiro atoms. The van der Waals surface area contributed by atoms with E-state index in [1.54, 1.807) is 12.1 Å². The van der Waals surface area contributed by atoms with E-state index in [2.05, 4.69) is 0 Å². The van der Waals surface area contributed by atoms with Crippen molar-refractivity contribution in [2.75, 3.05) is 0 Å². The van der Waals surface area contributed by atoms with Crippen molar-refractivity contribution in [2.24, 2.45) is 23.7 Å². The summed E-state index contributed by atoms with van der Waals surface area (Å²) in [5, 5.41) is 11.3. The van der Waals surface area contributed by atoms with E-state index in [9.17, 15) is 14.9 Å². The number of hydrogen-bond donors (Lipinski definition) is 0. The van der Waals surface area contributed by atoms with E-state index >= 15 is 0 Å². The Labute approximate surface area is 134 Å². The Morgan fingerprint density at radius 2 is 1.70 bits per heavy atom. The number of carbonyl (C=O) groups excluding carboxylic acids is 1. The van der Waals surface area contributed by atoms with Gasteiger partial charge in [0, 0.05) is 12.1 Å². The van der Waals surface area contributed by atoms with Gasteiger partial charge in [0.2, 0.25) is 0 Å². The molecule has 4 fully saturated rings. The van der Waals surface area contributed by atoms with Crippen molar-refractivity contribution >= 4 is 11.6 Å². The van der Waals surface area contributed by atoms with Crippen molar-refractivity contribution in [1.82, 2.24) is 4.90 Å². The Kier molecular flexibility index (Phi) is 2.68. The molecular weight excluding hydrogens is 292 g/mol. The highest BCUT2D eigenvalue weighted by atomic mass is 16.6. The van der Waals surface area contributed by atoms with Crippen molar-refractivity contribution in [1.29, 1.82) is 0 Å². The Hall–Kier alpha value is -1.91. The van der Waals surface area contributed by atoms with Gasteiger partial charge in [-0.05, 0) is 61.8 Å². The minimum absolute atomic E-state index is 0.0150. The molecule has 5 nitrogen and oxygen atoms in total. The lowest BCUT2D eigenvalue weighted by Gasteiger charge is -2.56. The van der Waals surface area contributed by atoms with Crippen LogP contribution in [0, 0.1) is 33.8 Å². The second-order valence-corrected chi connectivity index (χ2v) is 7.91. The van der Waals surface area contributed by atoms with Crippen molar-refractivity contribution in [2.45, 2.75) is 44.7 Å². The fourth-order valence-electron chi connectivity index (χ4n) is 6.16. The molecule has 0 saturated heterocycles. The van der Waals surface area contributed by atoms with Crippen LogP contribution in [0.15, 0.2) is 18.2 Å². The SMILES string of the molecule is O=C1c2cccc([N+](=O)[O-])c2CN1C1C2CC3CC(C2)CC1C3. The topological polar surface area (TPSA) is 63.4 Å². The highest BCUT2D eigenvalue weighted by molar-refractivity contribution is 5.99. The number of rotatable bonds is 2. The largest absolute Gasteiger partial charge is 0.330 e. The predicted molar refractivity (Wildman–Crippen MR) is 83.8 cm³/mol. The quantitative estimate of drug-likeness (QED) is 0.621. The van der Waals surface area contributed by atoms with Gasteiger partial charge in [-0.1, -0.05) is 6.07 Å². The molecule has 23 heavy (non-hydrogen) atoms. The van der Waals surface area contributed by atoms with Crippen molar-refractivity contribution < 1.29 is 9.72 Å². The first kappa shape index (κ1) is 13.5. The number of nitro benzene ring substituents is 1.